The van der Waals surface area contributed by atoms with Gasteiger partial charge in [-0.2, -0.15) is 0 Å². The number of carbonyl (C=O) groups is 2. The van der Waals surface area contributed by atoms with Gasteiger partial charge in [0.2, 0.25) is 0 Å². The third-order valence-corrected chi connectivity index (χ3v) is 7.83. The first-order valence-corrected chi connectivity index (χ1v) is 12.7. The molecule has 0 spiro atoms. The minimum absolute atomic E-state index is 0.0563. The second-order valence-corrected chi connectivity index (χ2v) is 10.4. The fourth-order valence-corrected chi connectivity index (χ4v) is 5.49. The van der Waals surface area contributed by atoms with Crippen molar-refractivity contribution in [3.8, 4) is 0 Å². The monoisotopic (exact) mass is 550 g/mol. The molecule has 3 aromatic carbocycles. The molecule has 1 saturated heterocycles. The van der Waals surface area contributed by atoms with Crippen LogP contribution in [0.2, 0.25) is 0 Å². The van der Waals surface area contributed by atoms with Crippen molar-refractivity contribution in [2.45, 2.75) is 19.0 Å². The number of anilines is 3. The summed E-state index contributed by atoms with van der Waals surface area (Å²) in [5.41, 5.74) is 3.86. The Morgan fingerprint density at radius 2 is 1.83 bits per heavy atom. The number of benzene rings is 3. The van der Waals surface area contributed by atoms with Crippen LogP contribution in [-0.2, 0) is 6.54 Å². The molecule has 5 rings (SSSR count). The highest BCUT2D eigenvalue weighted by Gasteiger charge is 2.29. The van der Waals surface area contributed by atoms with Crippen molar-refractivity contribution in [1.82, 2.24) is 4.90 Å². The zero-order valence-corrected chi connectivity index (χ0v) is 22.1. The minimum Gasteiger partial charge on any atom is -0.368 e. The second kappa shape index (κ2) is 9.67. The number of hydrogen-bond acceptors (Lipinski definition) is 4. The molecule has 1 unspecified atom stereocenters. The van der Waals surface area contributed by atoms with E-state index in [1.165, 1.54) is 11.0 Å². The van der Waals surface area contributed by atoms with Crippen LogP contribution in [0.3, 0.4) is 0 Å². The third kappa shape index (κ3) is 4.40. The molecule has 2 heterocycles. The molecule has 2 aliphatic rings. The Labute approximate surface area is 219 Å². The zero-order chi connectivity index (χ0) is 25.6. The standard InChI is InChI=1S/C28H28BrFN4O2/c1-31(2)21-12-13-33(17-21)26-11-9-19(15-25(26)30)32(3)27(35)23-10-8-20(14-24(23)29)34-16-18-6-4-5-7-22(18)28(34)36/h4-11,14-15,21H,12-13,16-17H2,1-3H3. The molecule has 0 aliphatic carbocycles. The molecule has 0 bridgehead atoms. The maximum Gasteiger partial charge on any atom is 0.259 e. The normalized spacial score (nSPS) is 17.2. The molecule has 36 heavy (non-hydrogen) atoms. The van der Waals surface area contributed by atoms with Gasteiger partial charge in [0.15, 0.2) is 0 Å². The quantitative estimate of drug-likeness (QED) is 0.440. The van der Waals surface area contributed by atoms with Crippen molar-refractivity contribution in [3.63, 3.8) is 0 Å². The number of nitrogens with zero attached hydrogens (tertiary/aromatic N) is 4. The molecule has 3 aromatic rings. The molecule has 1 atom stereocenters. The van der Waals surface area contributed by atoms with Crippen molar-refractivity contribution < 1.29 is 14.0 Å². The van der Waals surface area contributed by atoms with Crippen LogP contribution in [0, 0.1) is 5.82 Å². The molecule has 0 aromatic heterocycles. The lowest BCUT2D eigenvalue weighted by Crippen LogP contribution is -2.31. The highest BCUT2D eigenvalue weighted by atomic mass is 79.9. The van der Waals surface area contributed by atoms with E-state index in [0.717, 1.165) is 25.1 Å². The van der Waals surface area contributed by atoms with Crippen LogP contribution in [-0.4, -0.2) is 57.0 Å². The van der Waals surface area contributed by atoms with Gasteiger partial charge in [-0.1, -0.05) is 18.2 Å². The third-order valence-electron chi connectivity index (χ3n) is 7.17. The molecule has 2 amide bonds. The van der Waals surface area contributed by atoms with E-state index in [4.69, 9.17) is 0 Å². The maximum absolute atomic E-state index is 15.1. The first kappa shape index (κ1) is 24.5. The van der Waals surface area contributed by atoms with Crippen molar-refractivity contribution in [1.29, 1.82) is 0 Å². The van der Waals surface area contributed by atoms with Gasteiger partial charge in [0.1, 0.15) is 5.82 Å². The Morgan fingerprint density at radius 1 is 1.06 bits per heavy atom. The van der Waals surface area contributed by atoms with E-state index < -0.39 is 0 Å². The number of carbonyl (C=O) groups excluding carboxylic acids is 2. The van der Waals surface area contributed by atoms with Gasteiger partial charge < -0.3 is 19.6 Å². The van der Waals surface area contributed by atoms with Crippen LogP contribution in [0.15, 0.2) is 65.1 Å². The van der Waals surface area contributed by atoms with Gasteiger partial charge in [-0.3, -0.25) is 9.59 Å². The average Bonchev–Trinajstić information content (AvgIpc) is 3.49. The van der Waals surface area contributed by atoms with Gasteiger partial charge in [0, 0.05) is 47.6 Å². The predicted octanol–water partition coefficient (Wildman–Crippen LogP) is 5.17. The number of amides is 2. The van der Waals surface area contributed by atoms with Crippen LogP contribution in [0.4, 0.5) is 21.5 Å². The van der Waals surface area contributed by atoms with Crippen LogP contribution >= 0.6 is 15.9 Å². The molecule has 2 aliphatic heterocycles. The molecular formula is C28H28BrFN4O2. The van der Waals surface area contributed by atoms with Gasteiger partial charge >= 0.3 is 0 Å². The van der Waals surface area contributed by atoms with Crippen LogP contribution < -0.4 is 14.7 Å². The van der Waals surface area contributed by atoms with E-state index >= 15 is 4.39 Å². The summed E-state index contributed by atoms with van der Waals surface area (Å²) in [4.78, 5) is 33.5. The second-order valence-electron chi connectivity index (χ2n) is 9.56. The predicted molar refractivity (Wildman–Crippen MR) is 145 cm³/mol. The Bertz CT molecular complexity index is 1340. The van der Waals surface area contributed by atoms with E-state index in [9.17, 15) is 9.59 Å². The summed E-state index contributed by atoms with van der Waals surface area (Å²) in [6, 6.07) is 18.2. The van der Waals surface area contributed by atoms with Gasteiger partial charge in [-0.25, -0.2) is 4.39 Å². The summed E-state index contributed by atoms with van der Waals surface area (Å²) in [5.74, 6) is -0.669. The zero-order valence-electron chi connectivity index (χ0n) is 20.5. The maximum atomic E-state index is 15.1. The summed E-state index contributed by atoms with van der Waals surface area (Å²) in [6.45, 7) is 2.08. The molecule has 0 radical (unpaired) electrons. The number of likely N-dealkylation sites (N-methyl/N-ethyl adjacent to an activating group) is 1. The fourth-order valence-electron chi connectivity index (χ4n) is 4.95. The van der Waals surface area contributed by atoms with E-state index in [-0.39, 0.29) is 17.6 Å². The molecule has 6 nitrogen and oxygen atoms in total. The summed E-state index contributed by atoms with van der Waals surface area (Å²) in [7, 11) is 5.72. The summed E-state index contributed by atoms with van der Waals surface area (Å²) >= 11 is 3.51. The Hall–Kier alpha value is -3.23. The van der Waals surface area contributed by atoms with Crippen LogP contribution in [0.5, 0.6) is 0 Å². The van der Waals surface area contributed by atoms with Gasteiger partial charge in [0.05, 0.1) is 17.8 Å². The SMILES string of the molecule is CN(C(=O)c1ccc(N2Cc3ccccc3C2=O)cc1Br)c1ccc(N2CCC(N(C)C)C2)c(F)c1. The lowest BCUT2D eigenvalue weighted by Gasteiger charge is -2.24. The molecule has 186 valence electrons. The van der Waals surface area contributed by atoms with Crippen molar-refractivity contribution in [2.24, 2.45) is 0 Å². The van der Waals surface area contributed by atoms with Gasteiger partial charge in [-0.05, 0) is 84.5 Å². The number of halogens is 2. The smallest absolute Gasteiger partial charge is 0.259 e. The van der Waals surface area contributed by atoms with Crippen LogP contribution in [0.25, 0.3) is 0 Å². The molecule has 1 fully saturated rings. The Balaban J connectivity index is 1.32. The molecular weight excluding hydrogens is 523 g/mol. The largest absolute Gasteiger partial charge is 0.368 e. The highest BCUT2D eigenvalue weighted by Crippen LogP contribution is 2.33. The van der Waals surface area contributed by atoms with E-state index in [1.807, 2.05) is 38.4 Å². The lowest BCUT2D eigenvalue weighted by molar-refractivity contribution is 0.0988. The van der Waals surface area contributed by atoms with Crippen molar-refractivity contribution >= 4 is 44.8 Å². The number of hydrogen-bond donors (Lipinski definition) is 0. The summed E-state index contributed by atoms with van der Waals surface area (Å²) < 4.78 is 15.6. The summed E-state index contributed by atoms with van der Waals surface area (Å²) in [5, 5.41) is 0. The average molecular weight is 551 g/mol. The minimum atomic E-state index is -0.340. The first-order valence-electron chi connectivity index (χ1n) is 11.9. The van der Waals surface area contributed by atoms with Gasteiger partial charge in [0.25, 0.3) is 11.8 Å². The molecule has 0 N–H and O–H groups in total. The fraction of sp³-hybridized carbons (Fsp3) is 0.286. The summed E-state index contributed by atoms with van der Waals surface area (Å²) in [6.07, 6.45) is 0.992. The molecule has 0 saturated carbocycles. The van der Waals surface area contributed by atoms with Crippen molar-refractivity contribution in [2.75, 3.05) is 48.9 Å². The van der Waals surface area contributed by atoms with Crippen LogP contribution in [0.1, 0.15) is 32.7 Å². The Morgan fingerprint density at radius 3 is 2.50 bits per heavy atom. The van der Waals surface area contributed by atoms with E-state index in [2.05, 4.69) is 25.7 Å². The first-order chi connectivity index (χ1) is 17.2. The van der Waals surface area contributed by atoms with E-state index in [0.29, 0.717) is 45.2 Å². The van der Waals surface area contributed by atoms with Crippen molar-refractivity contribution in [3.05, 3.63) is 87.6 Å². The number of rotatable bonds is 5. The highest BCUT2D eigenvalue weighted by molar-refractivity contribution is 9.10. The topological polar surface area (TPSA) is 47.1 Å². The number of fused-ring (bicyclic) bond motifs is 1. The van der Waals surface area contributed by atoms with Gasteiger partial charge in [-0.15, -0.1) is 0 Å². The molecule has 8 heteroatoms. The lowest BCUT2D eigenvalue weighted by atomic mass is 10.1. The Kier molecular flexibility index (Phi) is 6.57. The van der Waals surface area contributed by atoms with E-state index in [1.54, 1.807) is 42.3 Å².